The van der Waals surface area contributed by atoms with Crippen LogP contribution in [0.3, 0.4) is 0 Å². The van der Waals surface area contributed by atoms with E-state index in [4.69, 9.17) is 0 Å². The SMILES string of the molecule is CNc1ccc(C=Cc2ccc3cc(C)ccc3c2)cc1. The van der Waals surface area contributed by atoms with Gasteiger partial charge in [0.25, 0.3) is 0 Å². The molecule has 0 aliphatic rings. The van der Waals surface area contributed by atoms with Crippen LogP contribution in [0.1, 0.15) is 16.7 Å². The largest absolute Gasteiger partial charge is 0.388 e. The molecule has 3 rings (SSSR count). The molecule has 0 spiro atoms. The maximum absolute atomic E-state index is 3.13. The topological polar surface area (TPSA) is 12.0 Å². The molecular weight excluding hydrogens is 254 g/mol. The molecule has 3 aromatic carbocycles. The first-order chi connectivity index (χ1) is 10.2. The fourth-order valence-corrected chi connectivity index (χ4v) is 2.44. The Morgan fingerprint density at radius 3 is 2.10 bits per heavy atom. The molecule has 0 aromatic heterocycles. The van der Waals surface area contributed by atoms with E-state index in [1.54, 1.807) is 0 Å². The fraction of sp³-hybridized carbons (Fsp3) is 0.100. The Labute approximate surface area is 125 Å². The van der Waals surface area contributed by atoms with Crippen LogP contribution in [0.4, 0.5) is 5.69 Å². The molecule has 0 aliphatic heterocycles. The number of hydrogen-bond acceptors (Lipinski definition) is 1. The maximum Gasteiger partial charge on any atom is 0.0337 e. The van der Waals surface area contributed by atoms with Crippen molar-refractivity contribution < 1.29 is 0 Å². The number of rotatable bonds is 3. The number of nitrogens with one attached hydrogen (secondary N) is 1. The first kappa shape index (κ1) is 13.4. The van der Waals surface area contributed by atoms with Crippen molar-refractivity contribution in [2.75, 3.05) is 12.4 Å². The lowest BCUT2D eigenvalue weighted by atomic mass is 10.0. The second-order valence-corrected chi connectivity index (χ2v) is 5.32. The molecule has 1 nitrogen and oxygen atoms in total. The van der Waals surface area contributed by atoms with Crippen LogP contribution in [0.5, 0.6) is 0 Å². The van der Waals surface area contributed by atoms with Crippen molar-refractivity contribution in [2.45, 2.75) is 6.92 Å². The summed E-state index contributed by atoms with van der Waals surface area (Å²) < 4.78 is 0. The molecule has 0 radical (unpaired) electrons. The zero-order valence-electron chi connectivity index (χ0n) is 12.4. The molecule has 0 unspecified atom stereocenters. The van der Waals surface area contributed by atoms with Gasteiger partial charge >= 0.3 is 0 Å². The number of hydrogen-bond donors (Lipinski definition) is 1. The summed E-state index contributed by atoms with van der Waals surface area (Å²) in [6.45, 7) is 2.13. The minimum atomic E-state index is 1.13. The lowest BCUT2D eigenvalue weighted by Crippen LogP contribution is -1.86. The summed E-state index contributed by atoms with van der Waals surface area (Å²) in [6.07, 6.45) is 4.31. The molecule has 1 N–H and O–H groups in total. The third-order valence-electron chi connectivity index (χ3n) is 3.69. The van der Waals surface area contributed by atoms with E-state index in [2.05, 4.69) is 85.1 Å². The van der Waals surface area contributed by atoms with Gasteiger partial charge in [-0.1, -0.05) is 60.2 Å². The van der Waals surface area contributed by atoms with Crippen LogP contribution in [0, 0.1) is 6.92 Å². The quantitative estimate of drug-likeness (QED) is 0.633. The van der Waals surface area contributed by atoms with Gasteiger partial charge in [-0.2, -0.15) is 0 Å². The van der Waals surface area contributed by atoms with Crippen molar-refractivity contribution in [3.63, 3.8) is 0 Å². The summed E-state index contributed by atoms with van der Waals surface area (Å²) in [5.41, 5.74) is 4.87. The van der Waals surface area contributed by atoms with Crippen molar-refractivity contribution in [3.8, 4) is 0 Å². The van der Waals surface area contributed by atoms with Gasteiger partial charge in [0, 0.05) is 12.7 Å². The average molecular weight is 273 g/mol. The van der Waals surface area contributed by atoms with E-state index in [1.165, 1.54) is 27.5 Å². The molecule has 0 heterocycles. The maximum atomic E-state index is 3.13. The molecule has 1 heteroatoms. The van der Waals surface area contributed by atoms with E-state index < -0.39 is 0 Å². The van der Waals surface area contributed by atoms with Gasteiger partial charge in [0.05, 0.1) is 0 Å². The van der Waals surface area contributed by atoms with Crippen LogP contribution in [-0.4, -0.2) is 7.05 Å². The summed E-state index contributed by atoms with van der Waals surface area (Å²) in [6, 6.07) is 21.6. The minimum absolute atomic E-state index is 1.13. The van der Waals surface area contributed by atoms with Crippen molar-refractivity contribution >= 4 is 28.6 Å². The van der Waals surface area contributed by atoms with Gasteiger partial charge in [0.2, 0.25) is 0 Å². The summed E-state index contributed by atoms with van der Waals surface area (Å²) in [4.78, 5) is 0. The molecule has 0 fully saturated rings. The Morgan fingerprint density at radius 2 is 1.33 bits per heavy atom. The molecule has 104 valence electrons. The predicted molar refractivity (Wildman–Crippen MR) is 93.6 cm³/mol. The number of anilines is 1. The average Bonchev–Trinajstić information content (AvgIpc) is 2.53. The second-order valence-electron chi connectivity index (χ2n) is 5.32. The van der Waals surface area contributed by atoms with Crippen LogP contribution in [-0.2, 0) is 0 Å². The monoisotopic (exact) mass is 273 g/mol. The molecule has 0 saturated heterocycles. The molecule has 0 bridgehead atoms. The minimum Gasteiger partial charge on any atom is -0.388 e. The lowest BCUT2D eigenvalue weighted by molar-refractivity contribution is 1.50. The van der Waals surface area contributed by atoms with Crippen LogP contribution in [0.2, 0.25) is 0 Å². The molecule has 0 amide bonds. The molecule has 0 saturated carbocycles. The molecule has 0 aliphatic carbocycles. The smallest absolute Gasteiger partial charge is 0.0337 e. The summed E-state index contributed by atoms with van der Waals surface area (Å²) in [7, 11) is 1.93. The van der Waals surface area contributed by atoms with Crippen molar-refractivity contribution in [1.82, 2.24) is 0 Å². The number of aryl methyl sites for hydroxylation is 1. The summed E-state index contributed by atoms with van der Waals surface area (Å²) in [5.74, 6) is 0. The van der Waals surface area contributed by atoms with E-state index >= 15 is 0 Å². The van der Waals surface area contributed by atoms with Crippen molar-refractivity contribution in [2.24, 2.45) is 0 Å². The lowest BCUT2D eigenvalue weighted by Gasteiger charge is -2.02. The molecule has 3 aromatic rings. The normalized spacial score (nSPS) is 11.1. The standard InChI is InChI=1S/C20H19N/c1-15-3-9-19-14-17(6-10-18(19)13-15)5-4-16-7-11-20(21-2)12-8-16/h3-14,21H,1-2H3. The van der Waals surface area contributed by atoms with Crippen molar-refractivity contribution in [3.05, 3.63) is 77.4 Å². The Balaban J connectivity index is 1.86. The van der Waals surface area contributed by atoms with Crippen LogP contribution < -0.4 is 5.32 Å². The van der Waals surface area contributed by atoms with E-state index in [1.807, 2.05) is 7.05 Å². The van der Waals surface area contributed by atoms with E-state index in [0.29, 0.717) is 0 Å². The highest BCUT2D eigenvalue weighted by Gasteiger charge is 1.95. The van der Waals surface area contributed by atoms with Gasteiger partial charge < -0.3 is 5.32 Å². The number of benzene rings is 3. The first-order valence-electron chi connectivity index (χ1n) is 7.21. The first-order valence-corrected chi connectivity index (χ1v) is 7.21. The highest BCUT2D eigenvalue weighted by atomic mass is 14.8. The highest BCUT2D eigenvalue weighted by molar-refractivity contribution is 5.86. The third-order valence-corrected chi connectivity index (χ3v) is 3.69. The Bertz CT molecular complexity index is 783. The molecule has 21 heavy (non-hydrogen) atoms. The molecule has 0 atom stereocenters. The zero-order valence-corrected chi connectivity index (χ0v) is 12.4. The fourth-order valence-electron chi connectivity index (χ4n) is 2.44. The second kappa shape index (κ2) is 5.84. The van der Waals surface area contributed by atoms with E-state index in [0.717, 1.165) is 5.69 Å². The summed E-state index contributed by atoms with van der Waals surface area (Å²) in [5, 5.41) is 5.71. The van der Waals surface area contributed by atoms with Gasteiger partial charge in [-0.05, 0) is 47.0 Å². The Morgan fingerprint density at radius 1 is 0.714 bits per heavy atom. The predicted octanol–water partition coefficient (Wildman–Crippen LogP) is 5.36. The van der Waals surface area contributed by atoms with Gasteiger partial charge in [-0.3, -0.25) is 0 Å². The summed E-state index contributed by atoms with van der Waals surface area (Å²) >= 11 is 0. The van der Waals surface area contributed by atoms with Gasteiger partial charge in [0.15, 0.2) is 0 Å². The van der Waals surface area contributed by atoms with Crippen LogP contribution in [0.25, 0.3) is 22.9 Å². The van der Waals surface area contributed by atoms with Gasteiger partial charge in [-0.15, -0.1) is 0 Å². The van der Waals surface area contributed by atoms with Gasteiger partial charge in [-0.25, -0.2) is 0 Å². The van der Waals surface area contributed by atoms with Crippen LogP contribution in [0.15, 0.2) is 60.7 Å². The van der Waals surface area contributed by atoms with E-state index in [-0.39, 0.29) is 0 Å². The molecular formula is C20H19N. The van der Waals surface area contributed by atoms with E-state index in [9.17, 15) is 0 Å². The Kier molecular flexibility index (Phi) is 3.74. The van der Waals surface area contributed by atoms with Crippen LogP contribution >= 0.6 is 0 Å². The van der Waals surface area contributed by atoms with Gasteiger partial charge in [0.1, 0.15) is 0 Å². The third kappa shape index (κ3) is 3.14. The number of fused-ring (bicyclic) bond motifs is 1. The zero-order chi connectivity index (χ0) is 14.7. The highest BCUT2D eigenvalue weighted by Crippen LogP contribution is 2.19. The van der Waals surface area contributed by atoms with Crippen molar-refractivity contribution in [1.29, 1.82) is 0 Å². The Hall–Kier alpha value is -2.54.